The van der Waals surface area contributed by atoms with Crippen molar-refractivity contribution in [2.24, 2.45) is 5.92 Å². The van der Waals surface area contributed by atoms with Crippen molar-refractivity contribution in [1.82, 2.24) is 4.90 Å². The van der Waals surface area contributed by atoms with E-state index in [4.69, 9.17) is 9.84 Å². The van der Waals surface area contributed by atoms with Gasteiger partial charge < -0.3 is 14.7 Å². The number of likely N-dealkylation sites (tertiary alicyclic amines) is 1. The van der Waals surface area contributed by atoms with Crippen LogP contribution < -0.4 is 4.74 Å². The Hall–Kier alpha value is -1.62. The van der Waals surface area contributed by atoms with Gasteiger partial charge in [-0.25, -0.2) is 4.39 Å². The van der Waals surface area contributed by atoms with Crippen molar-refractivity contribution < 1.29 is 19.0 Å². The van der Waals surface area contributed by atoms with Gasteiger partial charge in [0.05, 0.1) is 13.0 Å². The van der Waals surface area contributed by atoms with E-state index in [2.05, 4.69) is 0 Å². The fourth-order valence-corrected chi connectivity index (χ4v) is 2.18. The summed E-state index contributed by atoms with van der Waals surface area (Å²) in [5.41, 5.74) is 0. The average Bonchev–Trinajstić information content (AvgIpc) is 2.90. The third-order valence-electron chi connectivity index (χ3n) is 3.31. The van der Waals surface area contributed by atoms with Crippen molar-refractivity contribution in [1.29, 1.82) is 0 Å². The van der Waals surface area contributed by atoms with Gasteiger partial charge in [0.15, 0.2) is 11.6 Å². The van der Waals surface area contributed by atoms with Crippen LogP contribution in [0.2, 0.25) is 0 Å². The average molecular weight is 267 g/mol. The highest BCUT2D eigenvalue weighted by molar-refractivity contribution is 5.76. The smallest absolute Gasteiger partial charge is 0.226 e. The number of aliphatic hydroxyl groups is 1. The summed E-state index contributed by atoms with van der Waals surface area (Å²) in [5, 5.41) is 9.02. The van der Waals surface area contributed by atoms with E-state index in [1.807, 2.05) is 0 Å². The number of halogens is 1. The second kappa shape index (κ2) is 6.52. The molecule has 1 fully saturated rings. The molecule has 1 saturated heterocycles. The molecule has 1 aliphatic heterocycles. The molecule has 1 heterocycles. The first-order valence-corrected chi connectivity index (χ1v) is 6.46. The molecule has 1 N–H and O–H groups in total. The van der Waals surface area contributed by atoms with Crippen LogP contribution in [0.3, 0.4) is 0 Å². The maximum absolute atomic E-state index is 13.3. The zero-order valence-electron chi connectivity index (χ0n) is 10.7. The number of hydrogen-bond acceptors (Lipinski definition) is 3. The minimum Gasteiger partial charge on any atom is -0.490 e. The maximum atomic E-state index is 13.3. The molecule has 0 saturated carbocycles. The van der Waals surface area contributed by atoms with E-state index in [1.54, 1.807) is 17.0 Å². The van der Waals surface area contributed by atoms with Crippen LogP contribution in [0.25, 0.3) is 0 Å². The summed E-state index contributed by atoms with van der Waals surface area (Å²) in [6.07, 6.45) is 1.07. The van der Waals surface area contributed by atoms with Gasteiger partial charge in [0.1, 0.15) is 0 Å². The minimum atomic E-state index is -0.420. The van der Waals surface area contributed by atoms with Crippen molar-refractivity contribution in [2.75, 3.05) is 26.3 Å². The summed E-state index contributed by atoms with van der Waals surface area (Å²) in [6.45, 7) is 1.58. The second-order valence-corrected chi connectivity index (χ2v) is 4.71. The number of amides is 1. The van der Waals surface area contributed by atoms with Gasteiger partial charge in [0.25, 0.3) is 0 Å². The molecule has 1 unspecified atom stereocenters. The predicted molar refractivity (Wildman–Crippen MR) is 68.3 cm³/mol. The Labute approximate surface area is 111 Å². The summed E-state index contributed by atoms with van der Waals surface area (Å²) in [6, 6.07) is 6.14. The molecule has 1 amide bonds. The van der Waals surface area contributed by atoms with Crippen LogP contribution in [0.1, 0.15) is 12.8 Å². The minimum absolute atomic E-state index is 0.00714. The highest BCUT2D eigenvalue weighted by Crippen LogP contribution is 2.18. The van der Waals surface area contributed by atoms with Crippen molar-refractivity contribution >= 4 is 5.91 Å². The molecule has 1 atom stereocenters. The van der Waals surface area contributed by atoms with Crippen LogP contribution in [-0.2, 0) is 4.79 Å². The maximum Gasteiger partial charge on any atom is 0.226 e. The lowest BCUT2D eigenvalue weighted by molar-refractivity contribution is -0.130. The Kier molecular flexibility index (Phi) is 4.74. The van der Waals surface area contributed by atoms with Crippen LogP contribution in [0, 0.1) is 11.7 Å². The summed E-state index contributed by atoms with van der Waals surface area (Å²) < 4.78 is 18.5. The van der Waals surface area contributed by atoms with E-state index in [0.717, 1.165) is 6.42 Å². The normalized spacial score (nSPS) is 18.6. The predicted octanol–water partition coefficient (Wildman–Crippen LogP) is 1.44. The lowest BCUT2D eigenvalue weighted by Crippen LogP contribution is -2.30. The lowest BCUT2D eigenvalue weighted by Gasteiger charge is -2.16. The van der Waals surface area contributed by atoms with E-state index in [1.165, 1.54) is 12.1 Å². The van der Waals surface area contributed by atoms with E-state index in [-0.39, 0.29) is 37.2 Å². The summed E-state index contributed by atoms with van der Waals surface area (Å²) in [7, 11) is 0. The molecule has 0 spiro atoms. The molecule has 104 valence electrons. The van der Waals surface area contributed by atoms with E-state index >= 15 is 0 Å². The van der Waals surface area contributed by atoms with E-state index < -0.39 is 5.82 Å². The second-order valence-electron chi connectivity index (χ2n) is 4.71. The zero-order chi connectivity index (χ0) is 13.7. The fourth-order valence-electron chi connectivity index (χ4n) is 2.18. The summed E-state index contributed by atoms with van der Waals surface area (Å²) >= 11 is 0. The zero-order valence-corrected chi connectivity index (χ0v) is 10.7. The van der Waals surface area contributed by atoms with Crippen LogP contribution in [0.15, 0.2) is 24.3 Å². The van der Waals surface area contributed by atoms with Crippen LogP contribution >= 0.6 is 0 Å². The van der Waals surface area contributed by atoms with Crippen molar-refractivity contribution in [3.8, 4) is 5.75 Å². The molecule has 4 nitrogen and oxygen atoms in total. The van der Waals surface area contributed by atoms with Gasteiger partial charge >= 0.3 is 0 Å². The number of hydrogen-bond donors (Lipinski definition) is 1. The van der Waals surface area contributed by atoms with Crippen LogP contribution in [0.5, 0.6) is 5.75 Å². The van der Waals surface area contributed by atoms with Gasteiger partial charge in [-0.3, -0.25) is 4.79 Å². The first kappa shape index (κ1) is 13.8. The number of ether oxygens (including phenoxy) is 1. The Morgan fingerprint density at radius 2 is 2.26 bits per heavy atom. The molecular weight excluding hydrogens is 249 g/mol. The Morgan fingerprint density at radius 3 is 2.95 bits per heavy atom. The Balaban J connectivity index is 1.74. The molecule has 5 heteroatoms. The fraction of sp³-hybridized carbons (Fsp3) is 0.500. The molecule has 0 aliphatic carbocycles. The van der Waals surface area contributed by atoms with Crippen LogP contribution in [0.4, 0.5) is 4.39 Å². The SMILES string of the molecule is O=C(CCOc1ccccc1F)N1CCC(CO)C1. The van der Waals surface area contributed by atoms with E-state index in [0.29, 0.717) is 13.1 Å². The lowest BCUT2D eigenvalue weighted by atomic mass is 10.1. The largest absolute Gasteiger partial charge is 0.490 e. The van der Waals surface area contributed by atoms with Gasteiger partial charge in [-0.1, -0.05) is 12.1 Å². The number of carbonyl (C=O) groups excluding carboxylic acids is 1. The number of aliphatic hydroxyl groups excluding tert-OH is 1. The molecule has 0 aromatic heterocycles. The topological polar surface area (TPSA) is 49.8 Å². The number of para-hydroxylation sites is 1. The van der Waals surface area contributed by atoms with Crippen molar-refractivity contribution in [3.05, 3.63) is 30.1 Å². The Bertz CT molecular complexity index is 438. The third kappa shape index (κ3) is 3.67. The number of nitrogens with zero attached hydrogens (tertiary/aromatic N) is 1. The Morgan fingerprint density at radius 1 is 1.47 bits per heavy atom. The number of rotatable bonds is 5. The molecule has 0 radical (unpaired) electrons. The van der Waals surface area contributed by atoms with Gasteiger partial charge in [0, 0.05) is 25.6 Å². The summed E-state index contributed by atoms with van der Waals surface area (Å²) in [4.78, 5) is 13.6. The van der Waals surface area contributed by atoms with Gasteiger partial charge in [-0.05, 0) is 18.6 Å². The van der Waals surface area contributed by atoms with Crippen LogP contribution in [-0.4, -0.2) is 42.2 Å². The van der Waals surface area contributed by atoms with Crippen molar-refractivity contribution in [2.45, 2.75) is 12.8 Å². The van der Waals surface area contributed by atoms with Gasteiger partial charge in [-0.15, -0.1) is 0 Å². The van der Waals surface area contributed by atoms with Crippen molar-refractivity contribution in [3.63, 3.8) is 0 Å². The highest BCUT2D eigenvalue weighted by Gasteiger charge is 2.25. The highest BCUT2D eigenvalue weighted by atomic mass is 19.1. The standard InChI is InChI=1S/C14H18FNO3/c15-12-3-1-2-4-13(12)19-8-6-14(18)16-7-5-11(9-16)10-17/h1-4,11,17H,5-10H2. The van der Waals surface area contributed by atoms with Gasteiger partial charge in [-0.2, -0.15) is 0 Å². The molecule has 0 bridgehead atoms. The number of carbonyl (C=O) groups is 1. The van der Waals surface area contributed by atoms with E-state index in [9.17, 15) is 9.18 Å². The molecule has 2 rings (SSSR count). The summed E-state index contributed by atoms with van der Waals surface area (Å²) in [5.74, 6) is -0.0647. The third-order valence-corrected chi connectivity index (χ3v) is 3.31. The molecular formula is C14H18FNO3. The quantitative estimate of drug-likeness (QED) is 0.878. The van der Waals surface area contributed by atoms with Gasteiger partial charge in [0.2, 0.25) is 5.91 Å². The molecule has 1 aliphatic rings. The monoisotopic (exact) mass is 267 g/mol. The molecule has 1 aromatic rings. The number of benzene rings is 1. The first-order chi connectivity index (χ1) is 9.20. The molecule has 19 heavy (non-hydrogen) atoms. The molecule has 1 aromatic carbocycles. The first-order valence-electron chi connectivity index (χ1n) is 6.46.